The first-order valence-electron chi connectivity index (χ1n) is 9.26. The van der Waals surface area contributed by atoms with E-state index in [1.807, 2.05) is 47.8 Å². The van der Waals surface area contributed by atoms with E-state index < -0.39 is 18.4 Å². The Labute approximate surface area is 175 Å². The molecule has 0 saturated carbocycles. The molecule has 3 aromatic heterocycles. The molecule has 0 bridgehead atoms. The molecular formula is C21H17N5O3S. The third-order valence-corrected chi connectivity index (χ3v) is 5.65. The van der Waals surface area contributed by atoms with Gasteiger partial charge in [-0.15, -0.1) is 11.3 Å². The average Bonchev–Trinajstić information content (AvgIpc) is 3.48. The van der Waals surface area contributed by atoms with Crippen LogP contribution in [0.15, 0.2) is 47.8 Å². The van der Waals surface area contributed by atoms with Crippen molar-refractivity contribution >= 4 is 28.3 Å². The summed E-state index contributed by atoms with van der Waals surface area (Å²) in [6, 6.07) is 13.3. The molecule has 9 heteroatoms. The van der Waals surface area contributed by atoms with Crippen LogP contribution in [-0.2, 0) is 4.74 Å². The highest BCUT2D eigenvalue weighted by Crippen LogP contribution is 2.32. The Kier molecular flexibility index (Phi) is 4.69. The summed E-state index contributed by atoms with van der Waals surface area (Å²) in [6.07, 6.45) is -3.06. The van der Waals surface area contributed by atoms with Gasteiger partial charge in [0.2, 0.25) is 0 Å². The van der Waals surface area contributed by atoms with Crippen molar-refractivity contribution in [3.05, 3.63) is 59.2 Å². The van der Waals surface area contributed by atoms with Crippen molar-refractivity contribution in [2.45, 2.75) is 18.4 Å². The first-order valence-corrected chi connectivity index (χ1v) is 10.1. The Balaban J connectivity index is 1.72. The van der Waals surface area contributed by atoms with Crippen LogP contribution >= 0.6 is 11.3 Å². The van der Waals surface area contributed by atoms with Gasteiger partial charge in [0.05, 0.1) is 11.5 Å². The van der Waals surface area contributed by atoms with E-state index in [0.29, 0.717) is 22.8 Å². The molecule has 0 spiro atoms. The number of rotatable bonds is 2. The highest BCUT2D eigenvalue weighted by molar-refractivity contribution is 7.13. The first kappa shape index (κ1) is 18.7. The fraction of sp³-hybridized carbons (Fsp3) is 0.190. The summed E-state index contributed by atoms with van der Waals surface area (Å²) in [5.74, 6) is 7.05. The Morgan fingerprint density at radius 1 is 1.07 bits per heavy atom. The molecule has 1 aromatic carbocycles. The van der Waals surface area contributed by atoms with E-state index in [9.17, 15) is 10.2 Å². The molecule has 8 nitrogen and oxygen atoms in total. The molecule has 0 radical (unpaired) electrons. The van der Waals surface area contributed by atoms with Gasteiger partial charge in [-0.3, -0.25) is 4.57 Å². The van der Waals surface area contributed by atoms with Gasteiger partial charge in [-0.05, 0) is 29.5 Å². The van der Waals surface area contributed by atoms with Gasteiger partial charge >= 0.3 is 0 Å². The van der Waals surface area contributed by atoms with Gasteiger partial charge in [-0.25, -0.2) is 15.0 Å². The van der Waals surface area contributed by atoms with Crippen LogP contribution in [0.1, 0.15) is 17.6 Å². The SMILES string of the molecule is Nc1nc(-c2cccs2)nc2c1nc(C#Cc1ccccc1)n2[C@@H]1OC[C@@H](O)[C@H]1O. The van der Waals surface area contributed by atoms with E-state index in [0.717, 1.165) is 10.4 Å². The molecular weight excluding hydrogens is 402 g/mol. The summed E-state index contributed by atoms with van der Waals surface area (Å²) >= 11 is 1.49. The number of aliphatic hydroxyl groups is 2. The minimum absolute atomic E-state index is 0.00456. The second-order valence-corrected chi connectivity index (χ2v) is 7.73. The van der Waals surface area contributed by atoms with Gasteiger partial charge in [-0.2, -0.15) is 0 Å². The predicted octanol–water partition coefficient (Wildman–Crippen LogP) is 1.79. The predicted molar refractivity (Wildman–Crippen MR) is 112 cm³/mol. The Hall–Kier alpha value is -3.29. The fourth-order valence-electron chi connectivity index (χ4n) is 3.30. The van der Waals surface area contributed by atoms with Crippen LogP contribution in [-0.4, -0.2) is 48.5 Å². The Morgan fingerprint density at radius 2 is 1.90 bits per heavy atom. The van der Waals surface area contributed by atoms with Crippen LogP contribution in [0.3, 0.4) is 0 Å². The molecule has 1 aliphatic rings. The van der Waals surface area contributed by atoms with Crippen LogP contribution in [0.25, 0.3) is 21.9 Å². The van der Waals surface area contributed by atoms with E-state index in [4.69, 9.17) is 10.5 Å². The van der Waals surface area contributed by atoms with Crippen molar-refractivity contribution in [3.8, 4) is 22.5 Å². The molecule has 1 fully saturated rings. The molecule has 3 atom stereocenters. The van der Waals surface area contributed by atoms with Gasteiger partial charge < -0.3 is 20.7 Å². The van der Waals surface area contributed by atoms with Crippen molar-refractivity contribution in [2.24, 2.45) is 0 Å². The lowest BCUT2D eigenvalue weighted by Gasteiger charge is -2.18. The zero-order valence-electron chi connectivity index (χ0n) is 15.6. The maximum Gasteiger partial charge on any atom is 0.190 e. The monoisotopic (exact) mass is 419 g/mol. The second kappa shape index (κ2) is 7.51. The molecule has 1 saturated heterocycles. The Morgan fingerprint density at radius 3 is 2.60 bits per heavy atom. The number of ether oxygens (including phenoxy) is 1. The van der Waals surface area contributed by atoms with Crippen molar-refractivity contribution < 1.29 is 14.9 Å². The van der Waals surface area contributed by atoms with E-state index in [1.54, 1.807) is 4.57 Å². The number of aliphatic hydroxyl groups excluding tert-OH is 2. The fourth-order valence-corrected chi connectivity index (χ4v) is 3.96. The minimum atomic E-state index is -1.15. The maximum absolute atomic E-state index is 10.5. The highest BCUT2D eigenvalue weighted by Gasteiger charge is 2.38. The van der Waals surface area contributed by atoms with E-state index in [-0.39, 0.29) is 12.4 Å². The van der Waals surface area contributed by atoms with Gasteiger partial charge in [0.25, 0.3) is 0 Å². The molecule has 0 amide bonds. The number of imidazole rings is 1. The smallest absolute Gasteiger partial charge is 0.190 e. The van der Waals surface area contributed by atoms with Crippen molar-refractivity contribution in [3.63, 3.8) is 0 Å². The summed E-state index contributed by atoms with van der Waals surface area (Å²) in [7, 11) is 0. The number of nitrogens with two attached hydrogens (primary N) is 1. The van der Waals surface area contributed by atoms with Crippen LogP contribution in [0, 0.1) is 11.8 Å². The molecule has 4 N–H and O–H groups in total. The molecule has 1 aliphatic heterocycles. The van der Waals surface area contributed by atoms with Gasteiger partial charge in [0.1, 0.15) is 12.2 Å². The van der Waals surface area contributed by atoms with Crippen LogP contribution in [0.4, 0.5) is 5.82 Å². The van der Waals surface area contributed by atoms with Crippen molar-refractivity contribution in [2.75, 3.05) is 12.3 Å². The van der Waals surface area contributed by atoms with Gasteiger partial charge in [-0.1, -0.05) is 30.2 Å². The number of hydrogen-bond acceptors (Lipinski definition) is 8. The van der Waals surface area contributed by atoms with Gasteiger partial charge in [0.15, 0.2) is 34.9 Å². The number of nitrogen functional groups attached to an aromatic ring is 1. The largest absolute Gasteiger partial charge is 0.388 e. The molecule has 150 valence electrons. The topological polar surface area (TPSA) is 119 Å². The maximum atomic E-state index is 10.5. The van der Waals surface area contributed by atoms with Crippen molar-refractivity contribution in [1.29, 1.82) is 0 Å². The number of anilines is 1. The summed E-state index contributed by atoms with van der Waals surface area (Å²) < 4.78 is 7.23. The van der Waals surface area contributed by atoms with Crippen LogP contribution < -0.4 is 5.73 Å². The zero-order chi connectivity index (χ0) is 20.7. The average molecular weight is 419 g/mol. The second-order valence-electron chi connectivity index (χ2n) is 6.79. The molecule has 0 aliphatic carbocycles. The summed E-state index contributed by atoms with van der Waals surface area (Å²) in [5, 5.41) is 22.4. The van der Waals surface area contributed by atoms with Crippen LogP contribution in [0.5, 0.6) is 0 Å². The van der Waals surface area contributed by atoms with E-state index >= 15 is 0 Å². The number of aromatic nitrogens is 4. The Bertz CT molecular complexity index is 1260. The van der Waals surface area contributed by atoms with E-state index in [2.05, 4.69) is 26.8 Å². The number of hydrogen-bond donors (Lipinski definition) is 3. The number of thiophene rings is 1. The molecule has 0 unspecified atom stereocenters. The standard InChI is InChI=1S/C21H17N5O3S/c22-18-16-20(25-19(24-18)14-7-4-10-30-14)26(21-17(28)13(27)11-29-21)15(23-16)9-8-12-5-2-1-3-6-12/h1-7,10,13,17,21,27-28H,11H2,(H2,22,24,25)/t13-,17-,21-/m1/s1. The molecule has 30 heavy (non-hydrogen) atoms. The number of fused-ring (bicyclic) bond motifs is 1. The first-order chi connectivity index (χ1) is 14.6. The summed E-state index contributed by atoms with van der Waals surface area (Å²) in [6.45, 7) is -0.00456. The quantitative estimate of drug-likeness (QED) is 0.424. The summed E-state index contributed by atoms with van der Waals surface area (Å²) in [4.78, 5) is 14.4. The highest BCUT2D eigenvalue weighted by atomic mass is 32.1. The third-order valence-electron chi connectivity index (χ3n) is 4.78. The lowest BCUT2D eigenvalue weighted by molar-refractivity contribution is -0.0167. The third kappa shape index (κ3) is 3.22. The van der Waals surface area contributed by atoms with Crippen LogP contribution in [0.2, 0.25) is 0 Å². The number of nitrogens with zero attached hydrogens (tertiary/aromatic N) is 4. The minimum Gasteiger partial charge on any atom is -0.388 e. The molecule has 4 aromatic rings. The zero-order valence-corrected chi connectivity index (χ0v) is 16.5. The lowest BCUT2D eigenvalue weighted by atomic mass is 10.2. The summed E-state index contributed by atoms with van der Waals surface area (Å²) in [5.41, 5.74) is 7.75. The van der Waals surface area contributed by atoms with Crippen molar-refractivity contribution in [1.82, 2.24) is 19.5 Å². The molecule has 5 rings (SSSR count). The number of benzene rings is 1. The lowest BCUT2D eigenvalue weighted by Crippen LogP contribution is -2.29. The van der Waals surface area contributed by atoms with E-state index in [1.165, 1.54) is 11.3 Å². The van der Waals surface area contributed by atoms with Gasteiger partial charge in [0, 0.05) is 5.56 Å². The molecule has 4 heterocycles. The normalized spacial score (nSPS) is 20.9.